The van der Waals surface area contributed by atoms with E-state index < -0.39 is 5.97 Å². The minimum absolute atomic E-state index is 0.0224. The fraction of sp³-hybridized carbons (Fsp3) is 0.417. The van der Waals surface area contributed by atoms with Crippen LogP contribution >= 0.6 is 0 Å². The number of pyridine rings is 1. The molecule has 1 saturated heterocycles. The molecule has 96 valence electrons. The molecule has 6 nitrogen and oxygen atoms in total. The normalized spacial score (nSPS) is 18.6. The predicted molar refractivity (Wildman–Crippen MR) is 63.4 cm³/mol. The topological polar surface area (TPSA) is 88.5 Å². The number of nitrogens with zero attached hydrogens (tertiary/aromatic N) is 1. The highest BCUT2D eigenvalue weighted by Gasteiger charge is 2.19. The van der Waals surface area contributed by atoms with Crippen LogP contribution in [0.5, 0.6) is 0 Å². The minimum Gasteiger partial charge on any atom is -0.477 e. The Balaban J connectivity index is 1.93. The Morgan fingerprint density at radius 2 is 2.39 bits per heavy atom. The van der Waals surface area contributed by atoms with Crippen LogP contribution < -0.4 is 5.32 Å². The van der Waals surface area contributed by atoms with Gasteiger partial charge in [0, 0.05) is 18.5 Å². The van der Waals surface area contributed by atoms with E-state index in [1.54, 1.807) is 6.07 Å². The van der Waals surface area contributed by atoms with Crippen molar-refractivity contribution < 1.29 is 19.4 Å². The Bertz CT molecular complexity index is 455. The molecule has 0 bridgehead atoms. The second-order valence-corrected chi connectivity index (χ2v) is 4.12. The van der Waals surface area contributed by atoms with Gasteiger partial charge in [0.05, 0.1) is 12.5 Å². The summed E-state index contributed by atoms with van der Waals surface area (Å²) in [5.41, 5.74) is 0.343. The number of hydrogen-bond donors (Lipinski definition) is 2. The van der Waals surface area contributed by atoms with E-state index >= 15 is 0 Å². The third-order valence-electron chi connectivity index (χ3n) is 2.70. The van der Waals surface area contributed by atoms with Crippen molar-refractivity contribution in [3.63, 3.8) is 0 Å². The van der Waals surface area contributed by atoms with Gasteiger partial charge < -0.3 is 15.2 Å². The molecule has 1 aromatic heterocycles. The van der Waals surface area contributed by atoms with E-state index in [0.717, 1.165) is 12.8 Å². The summed E-state index contributed by atoms with van der Waals surface area (Å²) < 4.78 is 5.36. The molecule has 1 atom stereocenters. The maximum Gasteiger partial charge on any atom is 0.354 e. The largest absolute Gasteiger partial charge is 0.477 e. The van der Waals surface area contributed by atoms with Crippen LogP contribution in [0.2, 0.25) is 0 Å². The Kier molecular flexibility index (Phi) is 3.88. The van der Waals surface area contributed by atoms with Gasteiger partial charge in [-0.2, -0.15) is 0 Å². The van der Waals surface area contributed by atoms with Gasteiger partial charge in [-0.3, -0.25) is 4.79 Å². The molecule has 2 N–H and O–H groups in total. The van der Waals surface area contributed by atoms with E-state index in [2.05, 4.69) is 10.3 Å². The Labute approximate surface area is 104 Å². The van der Waals surface area contributed by atoms with Crippen molar-refractivity contribution in [2.75, 3.05) is 11.9 Å². The van der Waals surface area contributed by atoms with Gasteiger partial charge in [-0.05, 0) is 25.0 Å². The van der Waals surface area contributed by atoms with E-state index in [1.165, 1.54) is 12.3 Å². The van der Waals surface area contributed by atoms with Crippen LogP contribution in [0.25, 0.3) is 0 Å². The van der Waals surface area contributed by atoms with Crippen LogP contribution in [0.1, 0.15) is 29.8 Å². The number of carboxylic acids is 1. The van der Waals surface area contributed by atoms with E-state index in [1.807, 2.05) is 0 Å². The summed E-state index contributed by atoms with van der Waals surface area (Å²) in [6.07, 6.45) is 3.50. The Morgan fingerprint density at radius 3 is 3.06 bits per heavy atom. The fourth-order valence-electron chi connectivity index (χ4n) is 1.85. The van der Waals surface area contributed by atoms with Crippen molar-refractivity contribution in [3.05, 3.63) is 24.0 Å². The second-order valence-electron chi connectivity index (χ2n) is 4.12. The number of ether oxygens (including phenoxy) is 1. The average molecular weight is 250 g/mol. The van der Waals surface area contributed by atoms with Crippen molar-refractivity contribution >= 4 is 17.6 Å². The summed E-state index contributed by atoms with van der Waals surface area (Å²) in [4.78, 5) is 26.1. The monoisotopic (exact) mass is 250 g/mol. The number of anilines is 1. The molecule has 2 rings (SSSR count). The van der Waals surface area contributed by atoms with Gasteiger partial charge in [0.15, 0.2) is 0 Å². The molecule has 1 aliphatic heterocycles. The lowest BCUT2D eigenvalue weighted by Crippen LogP contribution is -2.19. The molecule has 18 heavy (non-hydrogen) atoms. The maximum atomic E-state index is 11.7. The van der Waals surface area contributed by atoms with Gasteiger partial charge in [-0.25, -0.2) is 9.78 Å². The minimum atomic E-state index is -1.12. The zero-order chi connectivity index (χ0) is 13.0. The van der Waals surface area contributed by atoms with Gasteiger partial charge in [0.2, 0.25) is 5.91 Å². The Morgan fingerprint density at radius 1 is 1.56 bits per heavy atom. The third kappa shape index (κ3) is 3.27. The third-order valence-corrected chi connectivity index (χ3v) is 2.70. The maximum absolute atomic E-state index is 11.7. The summed E-state index contributed by atoms with van der Waals surface area (Å²) in [7, 11) is 0. The van der Waals surface area contributed by atoms with Gasteiger partial charge in [0.1, 0.15) is 5.69 Å². The molecule has 2 heterocycles. The number of rotatable bonds is 4. The van der Waals surface area contributed by atoms with Crippen LogP contribution in [0.15, 0.2) is 18.3 Å². The molecular formula is C12H14N2O4. The SMILES string of the molecule is O=C(CC1CCCO1)Nc1ccnc(C(=O)O)c1. The molecule has 0 radical (unpaired) electrons. The van der Waals surface area contributed by atoms with Crippen molar-refractivity contribution in [2.24, 2.45) is 0 Å². The van der Waals surface area contributed by atoms with E-state index in [-0.39, 0.29) is 17.7 Å². The van der Waals surface area contributed by atoms with Crippen molar-refractivity contribution in [1.82, 2.24) is 4.98 Å². The molecule has 1 amide bonds. The van der Waals surface area contributed by atoms with Gasteiger partial charge >= 0.3 is 5.97 Å². The number of carbonyl (C=O) groups is 2. The summed E-state index contributed by atoms with van der Waals surface area (Å²) in [6.45, 7) is 0.705. The smallest absolute Gasteiger partial charge is 0.354 e. The van der Waals surface area contributed by atoms with Crippen LogP contribution in [0, 0.1) is 0 Å². The first-order valence-electron chi connectivity index (χ1n) is 5.76. The summed E-state index contributed by atoms with van der Waals surface area (Å²) in [6, 6.07) is 2.88. The van der Waals surface area contributed by atoms with E-state index in [9.17, 15) is 9.59 Å². The van der Waals surface area contributed by atoms with Gasteiger partial charge in [-0.1, -0.05) is 0 Å². The molecule has 1 fully saturated rings. The number of hydrogen-bond acceptors (Lipinski definition) is 4. The number of carbonyl (C=O) groups excluding carboxylic acids is 1. The average Bonchev–Trinajstić information content (AvgIpc) is 2.82. The lowest BCUT2D eigenvalue weighted by molar-refractivity contribution is -0.118. The highest BCUT2D eigenvalue weighted by Crippen LogP contribution is 2.16. The predicted octanol–water partition coefficient (Wildman–Crippen LogP) is 1.29. The molecule has 1 aromatic rings. The molecule has 1 aliphatic rings. The van der Waals surface area contributed by atoms with Crippen LogP contribution in [0.4, 0.5) is 5.69 Å². The fourth-order valence-corrected chi connectivity index (χ4v) is 1.85. The summed E-state index contributed by atoms with van der Waals surface area (Å²) in [5.74, 6) is -1.30. The zero-order valence-corrected chi connectivity index (χ0v) is 9.76. The highest BCUT2D eigenvalue weighted by atomic mass is 16.5. The molecule has 0 spiro atoms. The molecule has 6 heteroatoms. The molecule has 0 saturated carbocycles. The van der Waals surface area contributed by atoms with Crippen molar-refractivity contribution in [3.8, 4) is 0 Å². The summed E-state index contributed by atoms with van der Waals surface area (Å²) in [5, 5.41) is 11.4. The van der Waals surface area contributed by atoms with Crippen LogP contribution in [-0.4, -0.2) is 34.7 Å². The van der Waals surface area contributed by atoms with Gasteiger partial charge in [0.25, 0.3) is 0 Å². The van der Waals surface area contributed by atoms with Crippen LogP contribution in [-0.2, 0) is 9.53 Å². The van der Waals surface area contributed by atoms with Gasteiger partial charge in [-0.15, -0.1) is 0 Å². The van der Waals surface area contributed by atoms with Crippen molar-refractivity contribution in [2.45, 2.75) is 25.4 Å². The Hall–Kier alpha value is -1.95. The summed E-state index contributed by atoms with van der Waals surface area (Å²) >= 11 is 0. The standard InChI is InChI=1S/C12H14N2O4/c15-11(7-9-2-1-5-18-9)14-8-3-4-13-10(6-8)12(16)17/h3-4,6,9H,1-2,5,7H2,(H,16,17)(H,13,14,15). The molecule has 0 aliphatic carbocycles. The van der Waals surface area contributed by atoms with E-state index in [0.29, 0.717) is 18.7 Å². The molecule has 0 aromatic carbocycles. The quantitative estimate of drug-likeness (QED) is 0.840. The molecular weight excluding hydrogens is 236 g/mol. The van der Waals surface area contributed by atoms with E-state index in [4.69, 9.17) is 9.84 Å². The highest BCUT2D eigenvalue weighted by molar-refractivity contribution is 5.93. The second kappa shape index (κ2) is 5.59. The number of nitrogens with one attached hydrogen (secondary N) is 1. The first-order valence-corrected chi connectivity index (χ1v) is 5.76. The first kappa shape index (κ1) is 12.5. The lowest BCUT2D eigenvalue weighted by Gasteiger charge is -2.09. The zero-order valence-electron chi connectivity index (χ0n) is 9.76. The number of carboxylic acid groups (broad SMARTS) is 1. The number of aromatic nitrogens is 1. The van der Waals surface area contributed by atoms with Crippen LogP contribution in [0.3, 0.4) is 0 Å². The number of aromatic carboxylic acids is 1. The first-order chi connectivity index (χ1) is 8.65. The lowest BCUT2D eigenvalue weighted by atomic mass is 10.2. The molecule has 1 unspecified atom stereocenters. The van der Waals surface area contributed by atoms with Crippen molar-refractivity contribution in [1.29, 1.82) is 0 Å². The number of amides is 1.